The molecule has 1 saturated carbocycles. The predicted octanol–water partition coefficient (Wildman–Crippen LogP) is 3.55. The van der Waals surface area contributed by atoms with E-state index in [1.165, 1.54) is 4.90 Å². The summed E-state index contributed by atoms with van der Waals surface area (Å²) in [4.78, 5) is 37.7. The molecule has 2 aliphatic rings. The number of thioether (sulfide) groups is 1. The Kier molecular flexibility index (Phi) is 7.42. The first-order valence-electron chi connectivity index (χ1n) is 10.2. The van der Waals surface area contributed by atoms with Crippen LogP contribution in [-0.4, -0.2) is 65.7 Å². The molecule has 0 unspecified atom stereocenters. The average Bonchev–Trinajstić information content (AvgIpc) is 3.17. The number of amides is 1. The number of Topliss-reactive ketones (excluding diaryl/α,β-unsaturated/α-hetero) is 1. The lowest BCUT2D eigenvalue weighted by Gasteiger charge is -2.39. The number of hydrogen-bond acceptors (Lipinski definition) is 5. The van der Waals surface area contributed by atoms with Crippen LogP contribution in [0, 0.1) is 5.92 Å². The van der Waals surface area contributed by atoms with Crippen molar-refractivity contribution in [2.75, 3.05) is 12.3 Å². The van der Waals surface area contributed by atoms with Gasteiger partial charge in [-0.05, 0) is 31.0 Å². The number of nitrogens with zero attached hydrogens (tertiary/aromatic N) is 1. The number of carboxylic acids is 1. The van der Waals surface area contributed by atoms with Crippen LogP contribution in [0.5, 0.6) is 0 Å². The van der Waals surface area contributed by atoms with Gasteiger partial charge in [-0.3, -0.25) is 9.59 Å². The zero-order valence-corrected chi connectivity index (χ0v) is 19.8. The van der Waals surface area contributed by atoms with Crippen molar-refractivity contribution in [1.29, 1.82) is 0 Å². The van der Waals surface area contributed by atoms with Gasteiger partial charge in [0.25, 0.3) is 0 Å². The van der Waals surface area contributed by atoms with Gasteiger partial charge in [-0.1, -0.05) is 27.7 Å². The van der Waals surface area contributed by atoms with Crippen LogP contribution in [-0.2, 0) is 18.8 Å². The third-order valence-corrected chi connectivity index (χ3v) is 12.4. The largest absolute Gasteiger partial charge is 0.480 e. The lowest BCUT2D eigenvalue weighted by atomic mass is 10.1. The monoisotopic (exact) mass is 429 g/mol. The number of hydrogen-bond donors (Lipinski definition) is 1. The van der Waals surface area contributed by atoms with Crippen LogP contribution in [0.2, 0.25) is 18.1 Å². The van der Waals surface area contributed by atoms with E-state index >= 15 is 0 Å². The van der Waals surface area contributed by atoms with Gasteiger partial charge in [-0.25, -0.2) is 4.79 Å². The molecular formula is C20H35NO5SSi. The van der Waals surface area contributed by atoms with Gasteiger partial charge in [0.05, 0.1) is 6.10 Å². The molecule has 4 atom stereocenters. The third-order valence-electron chi connectivity index (χ3n) is 6.33. The van der Waals surface area contributed by atoms with Gasteiger partial charge in [0, 0.05) is 36.3 Å². The van der Waals surface area contributed by atoms with Crippen molar-refractivity contribution in [1.82, 2.24) is 4.90 Å². The van der Waals surface area contributed by atoms with E-state index < -0.39 is 20.3 Å². The topological polar surface area (TPSA) is 83.9 Å². The van der Waals surface area contributed by atoms with Gasteiger partial charge in [0.2, 0.25) is 5.91 Å². The van der Waals surface area contributed by atoms with E-state index in [1.807, 2.05) is 6.92 Å². The van der Waals surface area contributed by atoms with E-state index in [4.69, 9.17) is 4.43 Å². The SMILES string of the molecule is C[C@@H](CS[C@H]1CC(=O)C[C@@H]1O[Si](C)(C)C(C)(C)C)C(=O)N1CCC[C@@H]1C(=O)O. The van der Waals surface area contributed by atoms with Gasteiger partial charge in [0.1, 0.15) is 11.8 Å². The zero-order chi connectivity index (χ0) is 21.3. The van der Waals surface area contributed by atoms with Crippen LogP contribution < -0.4 is 0 Å². The van der Waals surface area contributed by atoms with E-state index in [0.29, 0.717) is 31.6 Å². The number of carbonyl (C=O) groups excluding carboxylic acids is 2. The number of likely N-dealkylation sites (tertiary alicyclic amines) is 1. The molecule has 1 N–H and O–H groups in total. The fraction of sp³-hybridized carbons (Fsp3) is 0.850. The Hall–Kier alpha value is -0.863. The summed E-state index contributed by atoms with van der Waals surface area (Å²) in [6.07, 6.45) is 2.13. The van der Waals surface area contributed by atoms with Crippen molar-refractivity contribution in [2.45, 2.75) is 88.9 Å². The van der Waals surface area contributed by atoms with Crippen LogP contribution in [0.3, 0.4) is 0 Å². The van der Waals surface area contributed by atoms with Crippen molar-refractivity contribution >= 4 is 37.7 Å². The number of rotatable bonds is 7. The quantitative estimate of drug-likeness (QED) is 0.623. The van der Waals surface area contributed by atoms with Crippen molar-refractivity contribution in [3.63, 3.8) is 0 Å². The molecular weight excluding hydrogens is 394 g/mol. The van der Waals surface area contributed by atoms with E-state index in [2.05, 4.69) is 33.9 Å². The highest BCUT2D eigenvalue weighted by molar-refractivity contribution is 8.00. The molecule has 1 amide bonds. The highest BCUT2D eigenvalue weighted by Crippen LogP contribution is 2.41. The minimum atomic E-state index is -1.97. The van der Waals surface area contributed by atoms with Crippen molar-refractivity contribution in [3.8, 4) is 0 Å². The molecule has 1 saturated heterocycles. The minimum absolute atomic E-state index is 0.0747. The molecule has 1 aliphatic heterocycles. The van der Waals surface area contributed by atoms with Gasteiger partial charge in [-0.2, -0.15) is 11.8 Å². The van der Waals surface area contributed by atoms with E-state index in [1.54, 1.807) is 11.8 Å². The second kappa shape index (κ2) is 8.88. The van der Waals surface area contributed by atoms with Crippen LogP contribution >= 0.6 is 11.8 Å². The van der Waals surface area contributed by atoms with Crippen LogP contribution in [0.4, 0.5) is 0 Å². The number of ketones is 1. The predicted molar refractivity (Wildman–Crippen MR) is 114 cm³/mol. The molecule has 0 spiro atoms. The Morgan fingerprint density at radius 3 is 2.54 bits per heavy atom. The molecule has 0 radical (unpaired) electrons. The Balaban J connectivity index is 1.95. The summed E-state index contributed by atoms with van der Waals surface area (Å²) in [5, 5.41) is 9.46. The van der Waals surface area contributed by atoms with Gasteiger partial charge < -0.3 is 14.4 Å². The molecule has 2 fully saturated rings. The fourth-order valence-electron chi connectivity index (χ4n) is 3.54. The maximum absolute atomic E-state index is 12.7. The number of carboxylic acid groups (broad SMARTS) is 1. The second-order valence-electron chi connectivity index (χ2n) is 9.66. The molecule has 2 rings (SSSR count). The van der Waals surface area contributed by atoms with E-state index in [9.17, 15) is 19.5 Å². The van der Waals surface area contributed by atoms with Gasteiger partial charge in [0.15, 0.2) is 8.32 Å². The minimum Gasteiger partial charge on any atom is -0.480 e. The molecule has 28 heavy (non-hydrogen) atoms. The van der Waals surface area contributed by atoms with E-state index in [-0.39, 0.29) is 34.0 Å². The Labute approximate surface area is 173 Å². The van der Waals surface area contributed by atoms with Crippen LogP contribution in [0.25, 0.3) is 0 Å². The van der Waals surface area contributed by atoms with Gasteiger partial charge >= 0.3 is 5.97 Å². The number of aliphatic carboxylic acids is 1. The summed E-state index contributed by atoms with van der Waals surface area (Å²) in [5.74, 6) is -0.477. The maximum atomic E-state index is 12.7. The summed E-state index contributed by atoms with van der Waals surface area (Å²) in [6, 6.07) is -0.692. The highest BCUT2D eigenvalue weighted by atomic mass is 32.2. The van der Waals surface area contributed by atoms with E-state index in [0.717, 1.165) is 6.42 Å². The Morgan fingerprint density at radius 1 is 1.32 bits per heavy atom. The first-order chi connectivity index (χ1) is 12.8. The molecule has 6 nitrogen and oxygen atoms in total. The molecule has 1 heterocycles. The molecule has 0 aromatic carbocycles. The zero-order valence-electron chi connectivity index (χ0n) is 18.0. The maximum Gasteiger partial charge on any atom is 0.326 e. The fourth-order valence-corrected chi connectivity index (χ4v) is 6.35. The van der Waals surface area contributed by atoms with Crippen molar-refractivity contribution in [3.05, 3.63) is 0 Å². The van der Waals surface area contributed by atoms with Crippen molar-refractivity contribution < 1.29 is 23.9 Å². The summed E-state index contributed by atoms with van der Waals surface area (Å²) < 4.78 is 6.51. The summed E-state index contributed by atoms with van der Waals surface area (Å²) in [5.41, 5.74) is 0. The molecule has 8 heteroatoms. The Bertz CT molecular complexity index is 618. The highest BCUT2D eigenvalue weighted by Gasteiger charge is 2.44. The first kappa shape index (κ1) is 23.4. The Morgan fingerprint density at radius 2 is 1.96 bits per heavy atom. The normalized spacial score (nSPS) is 27.3. The van der Waals surface area contributed by atoms with Gasteiger partial charge in [-0.15, -0.1) is 0 Å². The lowest BCUT2D eigenvalue weighted by molar-refractivity contribution is -0.149. The molecule has 0 bridgehead atoms. The third kappa shape index (κ3) is 5.39. The van der Waals surface area contributed by atoms with Crippen molar-refractivity contribution in [2.24, 2.45) is 5.92 Å². The molecule has 1 aliphatic carbocycles. The molecule has 0 aromatic heterocycles. The molecule has 0 aromatic rings. The number of carbonyl (C=O) groups is 3. The first-order valence-corrected chi connectivity index (χ1v) is 14.1. The molecule has 160 valence electrons. The standard InChI is InChI=1S/C20H35NO5SSi/c1-13(18(23)21-9-7-8-15(21)19(24)25)12-27-17-11-14(22)10-16(17)26-28(5,6)20(2,3)4/h13,15-17H,7-12H2,1-6H3,(H,24,25)/t13-,15+,16-,17-/m0/s1. The van der Waals surface area contributed by atoms with Crippen LogP contribution in [0.15, 0.2) is 0 Å². The lowest BCUT2D eigenvalue weighted by Crippen LogP contribution is -2.45. The smallest absolute Gasteiger partial charge is 0.326 e. The van der Waals surface area contributed by atoms with Crippen LogP contribution in [0.1, 0.15) is 53.4 Å². The summed E-state index contributed by atoms with van der Waals surface area (Å²) >= 11 is 1.63. The second-order valence-corrected chi connectivity index (χ2v) is 15.7. The summed E-state index contributed by atoms with van der Waals surface area (Å²) in [7, 11) is -1.97. The summed E-state index contributed by atoms with van der Waals surface area (Å²) in [6.45, 7) is 13.3. The average molecular weight is 430 g/mol.